The first-order valence-electron chi connectivity index (χ1n) is 8.51. The first kappa shape index (κ1) is 21.0. The van der Waals surface area contributed by atoms with Crippen molar-refractivity contribution < 1.29 is 23.8 Å². The highest BCUT2D eigenvalue weighted by molar-refractivity contribution is 5.94. The summed E-state index contributed by atoms with van der Waals surface area (Å²) in [5.74, 6) is -0.117. The summed E-state index contributed by atoms with van der Waals surface area (Å²) < 4.78 is 15.4. The molecule has 0 aromatic heterocycles. The molecule has 0 saturated heterocycles. The highest BCUT2D eigenvalue weighted by Gasteiger charge is 2.22. The zero-order valence-electron chi connectivity index (χ0n) is 15.8. The van der Waals surface area contributed by atoms with Crippen LogP contribution in [0.3, 0.4) is 0 Å². The monoisotopic (exact) mass is 351 g/mol. The Balaban J connectivity index is 2.84. The summed E-state index contributed by atoms with van der Waals surface area (Å²) >= 11 is 0. The Morgan fingerprint density at radius 1 is 1.08 bits per heavy atom. The van der Waals surface area contributed by atoms with Gasteiger partial charge >= 0.3 is 5.97 Å². The Kier molecular flexibility index (Phi) is 8.99. The van der Waals surface area contributed by atoms with Crippen LogP contribution in [-0.4, -0.2) is 56.8 Å². The van der Waals surface area contributed by atoms with Crippen LogP contribution in [0.4, 0.5) is 0 Å². The average molecular weight is 351 g/mol. The molecule has 1 aromatic carbocycles. The summed E-state index contributed by atoms with van der Waals surface area (Å²) in [7, 11) is 2.97. The number of hydrogen-bond acceptors (Lipinski definition) is 5. The first-order chi connectivity index (χ1) is 11.9. The summed E-state index contributed by atoms with van der Waals surface area (Å²) in [4.78, 5) is 26.2. The maximum absolute atomic E-state index is 12.8. The number of carbonyl (C=O) groups excluding carboxylic acids is 2. The van der Waals surface area contributed by atoms with E-state index in [0.717, 1.165) is 5.75 Å². The fourth-order valence-corrected chi connectivity index (χ4v) is 2.41. The second-order valence-corrected chi connectivity index (χ2v) is 6.21. The van der Waals surface area contributed by atoms with Crippen LogP contribution in [0.5, 0.6) is 5.75 Å². The van der Waals surface area contributed by atoms with Gasteiger partial charge < -0.3 is 19.1 Å². The summed E-state index contributed by atoms with van der Waals surface area (Å²) in [6.45, 7) is 7.02. The molecule has 1 atom stereocenters. The molecular weight excluding hydrogens is 322 g/mol. The number of rotatable bonds is 10. The molecule has 25 heavy (non-hydrogen) atoms. The summed E-state index contributed by atoms with van der Waals surface area (Å²) in [6, 6.07) is 7.05. The fraction of sp³-hybridized carbons (Fsp3) is 0.579. The predicted molar refractivity (Wildman–Crippen MR) is 95.8 cm³/mol. The van der Waals surface area contributed by atoms with Crippen LogP contribution in [0.1, 0.15) is 37.6 Å². The van der Waals surface area contributed by atoms with Gasteiger partial charge in [-0.25, -0.2) is 0 Å². The summed E-state index contributed by atoms with van der Waals surface area (Å²) in [5, 5.41) is 0. The van der Waals surface area contributed by atoms with E-state index in [2.05, 4.69) is 0 Å². The Bertz CT molecular complexity index is 541. The topological polar surface area (TPSA) is 65.1 Å². The van der Waals surface area contributed by atoms with Crippen molar-refractivity contribution in [3.05, 3.63) is 29.8 Å². The molecular formula is C19H29NO5. The van der Waals surface area contributed by atoms with Crippen molar-refractivity contribution in [2.45, 2.75) is 33.3 Å². The third kappa shape index (κ3) is 7.13. The molecule has 0 bridgehead atoms. The van der Waals surface area contributed by atoms with E-state index in [1.165, 1.54) is 7.11 Å². The molecule has 0 aliphatic rings. The zero-order valence-corrected chi connectivity index (χ0v) is 15.8. The van der Waals surface area contributed by atoms with Crippen LogP contribution in [-0.2, 0) is 14.3 Å². The van der Waals surface area contributed by atoms with Crippen molar-refractivity contribution >= 4 is 11.9 Å². The van der Waals surface area contributed by atoms with Crippen molar-refractivity contribution in [3.63, 3.8) is 0 Å². The minimum Gasteiger partial charge on any atom is -0.491 e. The van der Waals surface area contributed by atoms with Crippen LogP contribution < -0.4 is 4.74 Å². The van der Waals surface area contributed by atoms with Gasteiger partial charge in [0.1, 0.15) is 5.75 Å². The lowest BCUT2D eigenvalue weighted by Gasteiger charge is -2.25. The van der Waals surface area contributed by atoms with Crippen LogP contribution >= 0.6 is 0 Å². The molecule has 0 aliphatic heterocycles. The molecule has 0 heterocycles. The van der Waals surface area contributed by atoms with Gasteiger partial charge in [-0.3, -0.25) is 9.59 Å². The van der Waals surface area contributed by atoms with E-state index in [1.807, 2.05) is 13.8 Å². The second kappa shape index (κ2) is 10.7. The molecule has 0 spiro atoms. The fourth-order valence-electron chi connectivity index (χ4n) is 2.41. The van der Waals surface area contributed by atoms with Crippen LogP contribution in [0.2, 0.25) is 0 Å². The SMILES string of the molecule is COCCCN(CC(C)C(=O)OC)C(=O)c1ccc(OC(C)C)cc1. The summed E-state index contributed by atoms with van der Waals surface area (Å²) in [5.41, 5.74) is 0.561. The second-order valence-electron chi connectivity index (χ2n) is 6.21. The maximum Gasteiger partial charge on any atom is 0.310 e. The molecule has 140 valence electrons. The van der Waals surface area contributed by atoms with Gasteiger partial charge in [0.05, 0.1) is 19.1 Å². The molecule has 1 unspecified atom stereocenters. The molecule has 0 fully saturated rings. The number of nitrogens with zero attached hydrogens (tertiary/aromatic N) is 1. The first-order valence-corrected chi connectivity index (χ1v) is 8.51. The van der Waals surface area contributed by atoms with Gasteiger partial charge in [0.2, 0.25) is 0 Å². The number of methoxy groups -OCH3 is 2. The average Bonchev–Trinajstić information content (AvgIpc) is 2.59. The van der Waals surface area contributed by atoms with Crippen molar-refractivity contribution in [1.82, 2.24) is 4.90 Å². The Labute approximate surface area is 150 Å². The predicted octanol–water partition coefficient (Wildman–Crippen LogP) is 2.76. The van der Waals surface area contributed by atoms with Crippen molar-refractivity contribution in [2.24, 2.45) is 5.92 Å². The number of carbonyl (C=O) groups is 2. The summed E-state index contributed by atoms with van der Waals surface area (Å²) in [6.07, 6.45) is 0.776. The van der Waals surface area contributed by atoms with Gasteiger partial charge in [-0.05, 0) is 44.5 Å². The van der Waals surface area contributed by atoms with Crippen LogP contribution in [0.15, 0.2) is 24.3 Å². The number of hydrogen-bond donors (Lipinski definition) is 0. The molecule has 0 aliphatic carbocycles. The van der Waals surface area contributed by atoms with Gasteiger partial charge in [-0.15, -0.1) is 0 Å². The number of amides is 1. The van der Waals surface area contributed by atoms with Crippen LogP contribution in [0, 0.1) is 5.92 Å². The lowest BCUT2D eigenvalue weighted by molar-refractivity contribution is -0.145. The maximum atomic E-state index is 12.8. The Hall–Kier alpha value is -2.08. The minimum absolute atomic E-state index is 0.0769. The lowest BCUT2D eigenvalue weighted by atomic mass is 10.1. The van der Waals surface area contributed by atoms with Crippen molar-refractivity contribution in [2.75, 3.05) is 33.9 Å². The van der Waals surface area contributed by atoms with Gasteiger partial charge in [0.25, 0.3) is 5.91 Å². The number of esters is 1. The largest absolute Gasteiger partial charge is 0.491 e. The van der Waals surface area contributed by atoms with E-state index in [1.54, 1.807) is 43.2 Å². The minimum atomic E-state index is -0.389. The number of benzene rings is 1. The smallest absolute Gasteiger partial charge is 0.310 e. The van der Waals surface area contributed by atoms with Gasteiger partial charge in [0.15, 0.2) is 0 Å². The lowest BCUT2D eigenvalue weighted by Crippen LogP contribution is -2.38. The molecule has 0 radical (unpaired) electrons. The molecule has 6 heteroatoms. The van der Waals surface area contributed by atoms with E-state index in [-0.39, 0.29) is 23.9 Å². The molecule has 0 N–H and O–H groups in total. The third-order valence-corrected chi connectivity index (χ3v) is 3.63. The van der Waals surface area contributed by atoms with E-state index in [9.17, 15) is 9.59 Å². The van der Waals surface area contributed by atoms with Crippen LogP contribution in [0.25, 0.3) is 0 Å². The van der Waals surface area contributed by atoms with E-state index in [0.29, 0.717) is 31.7 Å². The molecule has 1 rings (SSSR count). The van der Waals surface area contributed by atoms with E-state index >= 15 is 0 Å². The molecule has 1 aromatic rings. The number of ether oxygens (including phenoxy) is 3. The van der Waals surface area contributed by atoms with Crippen molar-refractivity contribution in [1.29, 1.82) is 0 Å². The highest BCUT2D eigenvalue weighted by atomic mass is 16.5. The molecule has 0 saturated carbocycles. The zero-order chi connectivity index (χ0) is 18.8. The van der Waals surface area contributed by atoms with E-state index in [4.69, 9.17) is 14.2 Å². The quantitative estimate of drug-likeness (QED) is 0.479. The highest BCUT2D eigenvalue weighted by Crippen LogP contribution is 2.16. The van der Waals surface area contributed by atoms with Gasteiger partial charge in [0, 0.05) is 32.4 Å². The molecule has 6 nitrogen and oxygen atoms in total. The Morgan fingerprint density at radius 2 is 1.72 bits per heavy atom. The standard InChI is InChI=1S/C19H29NO5/c1-14(2)25-17-9-7-16(8-10-17)18(21)20(11-6-12-23-4)13-15(3)19(22)24-5/h7-10,14-15H,6,11-13H2,1-5H3. The Morgan fingerprint density at radius 3 is 2.24 bits per heavy atom. The van der Waals surface area contributed by atoms with Gasteiger partial charge in [-0.2, -0.15) is 0 Å². The molecule has 1 amide bonds. The normalized spacial score (nSPS) is 11.9. The third-order valence-electron chi connectivity index (χ3n) is 3.63. The van der Waals surface area contributed by atoms with Gasteiger partial charge in [-0.1, -0.05) is 6.92 Å². The van der Waals surface area contributed by atoms with E-state index < -0.39 is 0 Å². The van der Waals surface area contributed by atoms with Crippen molar-refractivity contribution in [3.8, 4) is 5.75 Å².